The summed E-state index contributed by atoms with van der Waals surface area (Å²) in [6.45, 7) is 0.707. The fourth-order valence-corrected chi connectivity index (χ4v) is 6.26. The van der Waals surface area contributed by atoms with Gasteiger partial charge >= 0.3 is 0 Å². The van der Waals surface area contributed by atoms with Gasteiger partial charge in [0, 0.05) is 15.8 Å². The van der Waals surface area contributed by atoms with Gasteiger partial charge in [0.2, 0.25) is 0 Å². The lowest BCUT2D eigenvalue weighted by Gasteiger charge is -2.11. The number of imidazole rings is 1. The average molecular weight is 490 g/mol. The summed E-state index contributed by atoms with van der Waals surface area (Å²) in [4.78, 5) is 16.7. The van der Waals surface area contributed by atoms with Gasteiger partial charge in [-0.05, 0) is 34.5 Å². The van der Waals surface area contributed by atoms with Crippen molar-refractivity contribution in [3.8, 4) is 26.8 Å². The lowest BCUT2D eigenvalue weighted by atomic mass is 10.1. The maximum absolute atomic E-state index is 4.82. The molecule has 0 aliphatic carbocycles. The molecule has 168 valence electrons. The molecular formula is C28H19N5S2. The predicted molar refractivity (Wildman–Crippen MR) is 144 cm³/mol. The zero-order valence-corrected chi connectivity index (χ0v) is 20.2. The van der Waals surface area contributed by atoms with Crippen LogP contribution in [0.4, 0.5) is 0 Å². The molecule has 7 aromatic rings. The zero-order valence-electron chi connectivity index (χ0n) is 18.6. The van der Waals surface area contributed by atoms with Crippen LogP contribution in [0.2, 0.25) is 0 Å². The summed E-state index contributed by atoms with van der Waals surface area (Å²) in [7, 11) is 0. The molecular weight excluding hydrogens is 470 g/mol. The maximum atomic E-state index is 4.82. The van der Waals surface area contributed by atoms with Gasteiger partial charge < -0.3 is 4.57 Å². The number of fused-ring (bicyclic) bond motifs is 2. The molecule has 0 saturated carbocycles. The van der Waals surface area contributed by atoms with E-state index in [1.54, 1.807) is 29.0 Å². The van der Waals surface area contributed by atoms with Crippen LogP contribution >= 0.6 is 22.7 Å². The first-order chi connectivity index (χ1) is 17.4. The summed E-state index contributed by atoms with van der Waals surface area (Å²) in [5.41, 5.74) is 6.30. The molecule has 0 unspecified atom stereocenters. The fourth-order valence-electron chi connectivity index (χ4n) is 4.70. The third kappa shape index (κ3) is 3.31. The molecule has 5 aromatic heterocycles. The summed E-state index contributed by atoms with van der Waals surface area (Å²) in [6.07, 6.45) is 3.52. The third-order valence-corrected chi connectivity index (χ3v) is 7.95. The summed E-state index contributed by atoms with van der Waals surface area (Å²) in [5, 5.41) is 5.46. The van der Waals surface area contributed by atoms with E-state index in [9.17, 15) is 0 Å². The number of thiophene rings is 2. The second-order valence-corrected chi connectivity index (χ2v) is 10.2. The lowest BCUT2D eigenvalue weighted by Crippen LogP contribution is -2.03. The Balaban J connectivity index is 1.52. The highest BCUT2D eigenvalue weighted by Gasteiger charge is 2.25. The molecule has 0 amide bonds. The van der Waals surface area contributed by atoms with Crippen molar-refractivity contribution in [2.45, 2.75) is 6.54 Å². The molecule has 0 atom stereocenters. The molecule has 0 radical (unpaired) electrons. The van der Waals surface area contributed by atoms with Crippen molar-refractivity contribution in [2.24, 2.45) is 0 Å². The van der Waals surface area contributed by atoms with E-state index in [1.165, 1.54) is 26.3 Å². The second-order valence-electron chi connectivity index (χ2n) is 8.26. The predicted octanol–water partition coefficient (Wildman–Crippen LogP) is 7.28. The van der Waals surface area contributed by atoms with Crippen molar-refractivity contribution in [3.63, 3.8) is 0 Å². The first-order valence-electron chi connectivity index (χ1n) is 11.3. The molecule has 2 aromatic carbocycles. The Hall–Kier alpha value is -4.07. The van der Waals surface area contributed by atoms with Crippen molar-refractivity contribution in [3.05, 3.63) is 108 Å². The topological polar surface area (TPSA) is 48.5 Å². The SMILES string of the molecule is c1ccc(Cn2cnc3c(-n4c(-c5cccs5)c(-c5cccs5)c5ccccc54)ncnc32)cc1. The quantitative estimate of drug-likeness (QED) is 0.255. The van der Waals surface area contributed by atoms with E-state index < -0.39 is 0 Å². The van der Waals surface area contributed by atoms with Crippen LogP contribution in [-0.4, -0.2) is 24.1 Å². The molecule has 0 N–H and O–H groups in total. The summed E-state index contributed by atoms with van der Waals surface area (Å²) < 4.78 is 4.35. The number of aromatic nitrogens is 5. The van der Waals surface area contributed by atoms with Gasteiger partial charge in [-0.15, -0.1) is 22.7 Å². The van der Waals surface area contributed by atoms with Crippen molar-refractivity contribution in [1.29, 1.82) is 0 Å². The maximum Gasteiger partial charge on any atom is 0.169 e. The zero-order chi connectivity index (χ0) is 23.2. The first-order valence-corrected chi connectivity index (χ1v) is 13.1. The van der Waals surface area contributed by atoms with Gasteiger partial charge in [-0.3, -0.25) is 4.57 Å². The lowest BCUT2D eigenvalue weighted by molar-refractivity contribution is 0.813. The average Bonchev–Trinajstić information content (AvgIpc) is 3.70. The number of nitrogens with zero attached hydrogens (tertiary/aromatic N) is 5. The van der Waals surface area contributed by atoms with E-state index in [0.29, 0.717) is 6.54 Å². The van der Waals surface area contributed by atoms with E-state index in [-0.39, 0.29) is 0 Å². The Morgan fingerprint density at radius 3 is 2.29 bits per heavy atom. The molecule has 0 aliphatic rings. The number of hydrogen-bond acceptors (Lipinski definition) is 5. The number of benzene rings is 2. The van der Waals surface area contributed by atoms with Gasteiger partial charge in [-0.2, -0.15) is 0 Å². The van der Waals surface area contributed by atoms with E-state index in [1.807, 2.05) is 12.4 Å². The Kier molecular flexibility index (Phi) is 4.82. The highest BCUT2D eigenvalue weighted by Crippen LogP contribution is 2.45. The molecule has 7 rings (SSSR count). The number of para-hydroxylation sites is 1. The summed E-state index contributed by atoms with van der Waals surface area (Å²) >= 11 is 3.50. The Labute approximate surface area is 209 Å². The van der Waals surface area contributed by atoms with Crippen molar-refractivity contribution in [2.75, 3.05) is 0 Å². The highest BCUT2D eigenvalue weighted by molar-refractivity contribution is 7.14. The van der Waals surface area contributed by atoms with Gasteiger partial charge in [0.15, 0.2) is 17.0 Å². The van der Waals surface area contributed by atoms with Crippen LogP contribution in [0, 0.1) is 0 Å². The molecule has 0 bridgehead atoms. The van der Waals surface area contributed by atoms with Gasteiger partial charge in [0.05, 0.1) is 29.0 Å². The monoisotopic (exact) mass is 489 g/mol. The van der Waals surface area contributed by atoms with Crippen molar-refractivity contribution >= 4 is 44.7 Å². The smallest absolute Gasteiger partial charge is 0.169 e. The van der Waals surface area contributed by atoms with Gasteiger partial charge in [-0.25, -0.2) is 15.0 Å². The van der Waals surface area contributed by atoms with E-state index in [0.717, 1.165) is 28.2 Å². The molecule has 5 heterocycles. The molecule has 0 aliphatic heterocycles. The van der Waals surface area contributed by atoms with Crippen LogP contribution in [0.1, 0.15) is 5.56 Å². The first kappa shape index (κ1) is 20.3. The fraction of sp³-hybridized carbons (Fsp3) is 0.0357. The van der Waals surface area contributed by atoms with Crippen molar-refractivity contribution < 1.29 is 0 Å². The minimum atomic E-state index is 0.707. The third-order valence-electron chi connectivity index (χ3n) is 6.19. The largest absolute Gasteiger partial charge is 0.311 e. The standard InChI is InChI=1S/C28H19N5S2/c1-2-8-19(9-3-1)16-32-18-31-25-27(32)29-17-30-28(25)33-21-11-5-4-10-20(21)24(22-12-6-14-34-22)26(33)23-13-7-15-35-23/h1-15,17-18H,16H2. The van der Waals surface area contributed by atoms with E-state index >= 15 is 0 Å². The molecule has 5 nitrogen and oxygen atoms in total. The van der Waals surface area contributed by atoms with Gasteiger partial charge in [-0.1, -0.05) is 60.7 Å². The van der Waals surface area contributed by atoms with Crippen LogP contribution in [0.3, 0.4) is 0 Å². The van der Waals surface area contributed by atoms with Gasteiger partial charge in [0.1, 0.15) is 6.33 Å². The molecule has 0 fully saturated rings. The number of hydrogen-bond donors (Lipinski definition) is 0. The van der Waals surface area contributed by atoms with Gasteiger partial charge in [0.25, 0.3) is 0 Å². The minimum Gasteiger partial charge on any atom is -0.311 e. The van der Waals surface area contributed by atoms with Crippen LogP contribution in [0.5, 0.6) is 0 Å². The second kappa shape index (κ2) is 8.30. The Bertz CT molecular complexity index is 1760. The summed E-state index contributed by atoms with van der Waals surface area (Å²) in [6, 6.07) is 27.5. The van der Waals surface area contributed by atoms with E-state index in [4.69, 9.17) is 9.97 Å². The highest BCUT2D eigenvalue weighted by atomic mass is 32.1. The Morgan fingerprint density at radius 2 is 1.49 bits per heavy atom. The van der Waals surface area contributed by atoms with Crippen molar-refractivity contribution in [1.82, 2.24) is 24.1 Å². The minimum absolute atomic E-state index is 0.707. The Morgan fingerprint density at radius 1 is 0.714 bits per heavy atom. The molecule has 7 heteroatoms. The van der Waals surface area contributed by atoms with E-state index in [2.05, 4.69) is 97.7 Å². The van der Waals surface area contributed by atoms with Crippen LogP contribution < -0.4 is 0 Å². The molecule has 0 saturated heterocycles. The molecule has 0 spiro atoms. The number of rotatable bonds is 5. The van der Waals surface area contributed by atoms with Crippen LogP contribution in [0.15, 0.2) is 102 Å². The summed E-state index contributed by atoms with van der Waals surface area (Å²) in [5.74, 6) is 0.796. The normalized spacial score (nSPS) is 11.5. The molecule has 35 heavy (non-hydrogen) atoms. The van der Waals surface area contributed by atoms with Crippen LogP contribution in [0.25, 0.3) is 48.9 Å². The van der Waals surface area contributed by atoms with Crippen LogP contribution in [-0.2, 0) is 6.54 Å².